The van der Waals surface area contributed by atoms with Crippen molar-refractivity contribution in [1.82, 2.24) is 14.8 Å². The highest BCUT2D eigenvalue weighted by Gasteiger charge is 2.20. The molecule has 1 aliphatic heterocycles. The van der Waals surface area contributed by atoms with Crippen LogP contribution in [0.5, 0.6) is 11.5 Å². The molecule has 3 rings (SSSR count). The summed E-state index contributed by atoms with van der Waals surface area (Å²) in [5.41, 5.74) is 3.75. The second kappa shape index (κ2) is 9.55. The molecule has 0 radical (unpaired) electrons. The van der Waals surface area contributed by atoms with E-state index in [2.05, 4.69) is 22.0 Å². The highest BCUT2D eigenvalue weighted by atomic mass is 16.5. The van der Waals surface area contributed by atoms with Gasteiger partial charge in [-0.1, -0.05) is 0 Å². The molecule has 0 unspecified atom stereocenters. The Labute approximate surface area is 167 Å². The molecule has 0 atom stereocenters. The number of amides is 1. The minimum Gasteiger partial charge on any atom is -0.493 e. The molecule has 6 nitrogen and oxygen atoms in total. The molecule has 1 aliphatic rings. The molecule has 0 N–H and O–H groups in total. The van der Waals surface area contributed by atoms with Gasteiger partial charge < -0.3 is 14.4 Å². The highest BCUT2D eigenvalue weighted by Crippen LogP contribution is 2.33. The number of nitrogens with zero attached hydrogens (tertiary/aromatic N) is 3. The van der Waals surface area contributed by atoms with Gasteiger partial charge in [-0.05, 0) is 53.8 Å². The Morgan fingerprint density at radius 1 is 1.14 bits per heavy atom. The second-order valence-electron chi connectivity index (χ2n) is 7.17. The lowest BCUT2D eigenvalue weighted by Crippen LogP contribution is -2.35. The average Bonchev–Trinajstić information content (AvgIpc) is 2.75. The summed E-state index contributed by atoms with van der Waals surface area (Å²) in [4.78, 5) is 20.7. The van der Waals surface area contributed by atoms with Crippen LogP contribution in [0.3, 0.4) is 0 Å². The van der Waals surface area contributed by atoms with Gasteiger partial charge in [0.25, 0.3) is 0 Å². The lowest BCUT2D eigenvalue weighted by molar-refractivity contribution is -0.130. The first-order valence-electron chi connectivity index (χ1n) is 9.69. The highest BCUT2D eigenvalue weighted by molar-refractivity contribution is 5.76. The Hall–Kier alpha value is -2.60. The zero-order chi connectivity index (χ0) is 19.9. The van der Waals surface area contributed by atoms with Crippen LogP contribution in [0.4, 0.5) is 0 Å². The summed E-state index contributed by atoms with van der Waals surface area (Å²) in [5, 5.41) is 0. The van der Waals surface area contributed by atoms with E-state index >= 15 is 0 Å². The minimum absolute atomic E-state index is 0.187. The Morgan fingerprint density at radius 3 is 2.50 bits per heavy atom. The van der Waals surface area contributed by atoms with E-state index in [4.69, 9.17) is 9.47 Å². The molecule has 0 saturated heterocycles. The smallest absolute Gasteiger partial charge is 0.223 e. The number of ether oxygens (including phenoxy) is 2. The number of pyridine rings is 1. The maximum Gasteiger partial charge on any atom is 0.223 e. The van der Waals surface area contributed by atoms with Crippen molar-refractivity contribution in [1.29, 1.82) is 0 Å². The Kier molecular flexibility index (Phi) is 6.87. The largest absolute Gasteiger partial charge is 0.493 e. The number of aromatic nitrogens is 1. The van der Waals surface area contributed by atoms with Gasteiger partial charge in [-0.15, -0.1) is 0 Å². The zero-order valence-corrected chi connectivity index (χ0v) is 17.0. The third-order valence-corrected chi connectivity index (χ3v) is 5.35. The molecule has 28 heavy (non-hydrogen) atoms. The summed E-state index contributed by atoms with van der Waals surface area (Å²) in [7, 11) is 5.20. The van der Waals surface area contributed by atoms with Crippen molar-refractivity contribution in [3.8, 4) is 11.5 Å². The average molecular weight is 383 g/mol. The number of carbonyl (C=O) groups excluding carboxylic acids is 1. The molecule has 1 aromatic carbocycles. The monoisotopic (exact) mass is 383 g/mol. The van der Waals surface area contributed by atoms with Gasteiger partial charge in [0.2, 0.25) is 5.91 Å². The van der Waals surface area contributed by atoms with Crippen molar-refractivity contribution in [3.63, 3.8) is 0 Å². The maximum absolute atomic E-state index is 12.5. The minimum atomic E-state index is 0.187. The van der Waals surface area contributed by atoms with Gasteiger partial charge in [0, 0.05) is 52.0 Å². The normalized spacial score (nSPS) is 13.7. The molecular weight excluding hydrogens is 354 g/mol. The van der Waals surface area contributed by atoms with Crippen molar-refractivity contribution >= 4 is 5.91 Å². The zero-order valence-electron chi connectivity index (χ0n) is 17.0. The van der Waals surface area contributed by atoms with E-state index in [1.807, 2.05) is 24.1 Å². The third kappa shape index (κ3) is 5.01. The molecule has 0 fully saturated rings. The van der Waals surface area contributed by atoms with Crippen LogP contribution in [0, 0.1) is 0 Å². The van der Waals surface area contributed by atoms with Crippen LogP contribution in [-0.4, -0.2) is 61.6 Å². The fourth-order valence-electron chi connectivity index (χ4n) is 3.55. The molecule has 0 saturated carbocycles. The molecule has 0 aliphatic carbocycles. The summed E-state index contributed by atoms with van der Waals surface area (Å²) >= 11 is 0. The SMILES string of the molecule is COc1cc2c(cc1OC)CN(CCC(=O)N(C)CCc1ccncc1)CC2. The first-order valence-corrected chi connectivity index (χ1v) is 9.69. The van der Waals surface area contributed by atoms with E-state index in [0.29, 0.717) is 6.42 Å². The Bertz CT molecular complexity index is 795. The number of fused-ring (bicyclic) bond motifs is 1. The first-order chi connectivity index (χ1) is 13.6. The molecule has 150 valence electrons. The molecule has 1 amide bonds. The number of carbonyl (C=O) groups is 1. The summed E-state index contributed by atoms with van der Waals surface area (Å²) in [6.07, 6.45) is 5.92. The van der Waals surface area contributed by atoms with Gasteiger partial charge in [-0.3, -0.25) is 14.7 Å². The Morgan fingerprint density at radius 2 is 1.82 bits per heavy atom. The van der Waals surface area contributed by atoms with Gasteiger partial charge in [0.05, 0.1) is 14.2 Å². The van der Waals surface area contributed by atoms with Crippen LogP contribution in [0.2, 0.25) is 0 Å². The van der Waals surface area contributed by atoms with Crippen LogP contribution < -0.4 is 9.47 Å². The molecule has 6 heteroatoms. The molecule has 2 heterocycles. The van der Waals surface area contributed by atoms with Crippen LogP contribution in [0.15, 0.2) is 36.7 Å². The van der Waals surface area contributed by atoms with E-state index in [-0.39, 0.29) is 5.91 Å². The van der Waals surface area contributed by atoms with Crippen molar-refractivity contribution in [2.75, 3.05) is 40.9 Å². The van der Waals surface area contributed by atoms with E-state index < -0.39 is 0 Å². The fourth-order valence-corrected chi connectivity index (χ4v) is 3.55. The van der Waals surface area contributed by atoms with Crippen molar-refractivity contribution in [2.45, 2.75) is 25.8 Å². The van der Waals surface area contributed by atoms with Gasteiger partial charge >= 0.3 is 0 Å². The van der Waals surface area contributed by atoms with Crippen molar-refractivity contribution in [2.24, 2.45) is 0 Å². The number of rotatable bonds is 8. The van der Waals surface area contributed by atoms with Crippen LogP contribution in [0.1, 0.15) is 23.1 Å². The number of likely N-dealkylation sites (N-methyl/N-ethyl adjacent to an activating group) is 1. The fraction of sp³-hybridized carbons (Fsp3) is 0.455. The van der Waals surface area contributed by atoms with Gasteiger partial charge in [-0.25, -0.2) is 0 Å². The van der Waals surface area contributed by atoms with Gasteiger partial charge in [0.15, 0.2) is 11.5 Å². The van der Waals surface area contributed by atoms with Gasteiger partial charge in [0.1, 0.15) is 0 Å². The molecular formula is C22H29N3O3. The van der Waals surface area contributed by atoms with Crippen LogP contribution >= 0.6 is 0 Å². The van der Waals surface area contributed by atoms with E-state index in [9.17, 15) is 4.79 Å². The van der Waals surface area contributed by atoms with Crippen LogP contribution in [-0.2, 0) is 24.2 Å². The lowest BCUT2D eigenvalue weighted by atomic mass is 9.98. The summed E-state index contributed by atoms with van der Waals surface area (Å²) in [5.74, 6) is 1.72. The van der Waals surface area contributed by atoms with Gasteiger partial charge in [-0.2, -0.15) is 0 Å². The summed E-state index contributed by atoms with van der Waals surface area (Å²) < 4.78 is 10.8. The number of hydrogen-bond donors (Lipinski definition) is 0. The van der Waals surface area contributed by atoms with Crippen molar-refractivity contribution < 1.29 is 14.3 Å². The lowest BCUT2D eigenvalue weighted by Gasteiger charge is -2.30. The predicted octanol–water partition coefficient (Wildman–Crippen LogP) is 2.55. The third-order valence-electron chi connectivity index (χ3n) is 5.35. The molecule has 0 bridgehead atoms. The summed E-state index contributed by atoms with van der Waals surface area (Å²) in [6.45, 7) is 3.29. The number of benzene rings is 1. The first kappa shape index (κ1) is 20.1. The quantitative estimate of drug-likeness (QED) is 0.701. The topological polar surface area (TPSA) is 54.9 Å². The maximum atomic E-state index is 12.5. The van der Waals surface area contributed by atoms with E-state index in [1.165, 1.54) is 16.7 Å². The standard InChI is InChI=1S/C22H29N3O3/c1-24(11-6-17-4-9-23-10-5-17)22(26)8-13-25-12-7-18-14-20(27-2)21(28-3)15-19(18)16-25/h4-5,9-10,14-15H,6-8,11-13,16H2,1-3H3. The van der Waals surface area contributed by atoms with Crippen molar-refractivity contribution in [3.05, 3.63) is 53.3 Å². The van der Waals surface area contributed by atoms with E-state index in [1.54, 1.807) is 26.6 Å². The van der Waals surface area contributed by atoms with E-state index in [0.717, 1.165) is 50.5 Å². The van der Waals surface area contributed by atoms with Crippen LogP contribution in [0.25, 0.3) is 0 Å². The molecule has 1 aromatic heterocycles. The predicted molar refractivity (Wildman–Crippen MR) is 109 cm³/mol. The number of methoxy groups -OCH3 is 2. The summed E-state index contributed by atoms with van der Waals surface area (Å²) in [6, 6.07) is 8.12. The number of hydrogen-bond acceptors (Lipinski definition) is 5. The molecule has 2 aromatic rings. The molecule has 0 spiro atoms. The second-order valence-corrected chi connectivity index (χ2v) is 7.17. The Balaban J connectivity index is 1.49.